The molecule has 9 heteroatoms. The Morgan fingerprint density at radius 1 is 1.27 bits per heavy atom. The molecule has 0 aliphatic heterocycles. The molecule has 0 fully saturated rings. The zero-order valence-corrected chi connectivity index (χ0v) is 14.4. The largest absolute Gasteiger partial charge is 0.384 e. The molecule has 22 heavy (non-hydrogen) atoms. The van der Waals surface area contributed by atoms with Gasteiger partial charge < -0.3 is 5.11 Å². The molecule has 0 spiro atoms. The van der Waals surface area contributed by atoms with Crippen molar-refractivity contribution in [3.63, 3.8) is 0 Å². The second-order valence-corrected chi connectivity index (χ2v) is 6.30. The van der Waals surface area contributed by atoms with Gasteiger partial charge in [0.05, 0.1) is 4.92 Å². The maximum Gasteiger partial charge on any atom is 0.319 e. The average Bonchev–Trinajstić information content (AvgIpc) is 2.40. The van der Waals surface area contributed by atoms with Gasteiger partial charge >= 0.3 is 5.69 Å². The molecule has 2 aromatic carbocycles. The van der Waals surface area contributed by atoms with Gasteiger partial charge in [-0.2, -0.15) is 4.39 Å². The van der Waals surface area contributed by atoms with Crippen LogP contribution in [0.15, 0.2) is 33.2 Å². The maximum atomic E-state index is 13.7. The first kappa shape index (κ1) is 17.3. The number of nitro benzene ring substituents is 1. The lowest BCUT2D eigenvalue weighted by Gasteiger charge is -2.17. The Kier molecular flexibility index (Phi) is 5.16. The molecule has 0 saturated heterocycles. The first-order chi connectivity index (χ1) is 10.2. The number of aliphatic hydroxyl groups excluding tert-OH is 1. The van der Waals surface area contributed by atoms with E-state index in [0.717, 1.165) is 18.2 Å². The van der Waals surface area contributed by atoms with Crippen molar-refractivity contribution >= 4 is 49.1 Å². The van der Waals surface area contributed by atoms with E-state index in [9.17, 15) is 24.0 Å². The van der Waals surface area contributed by atoms with Crippen molar-refractivity contribution in [3.8, 4) is 0 Å². The Morgan fingerprint density at radius 2 is 1.91 bits per heavy atom. The van der Waals surface area contributed by atoms with Gasteiger partial charge in [-0.15, -0.1) is 0 Å². The summed E-state index contributed by atoms with van der Waals surface area (Å²) < 4.78 is 26.8. The SMILES string of the molecule is O=[N+]([O-])c1c(F)cc(Br)c(C(O)c2cc(F)ccc2Cl)c1Br. The summed E-state index contributed by atoms with van der Waals surface area (Å²) in [6.45, 7) is 0. The summed E-state index contributed by atoms with van der Waals surface area (Å²) in [5, 5.41) is 21.4. The topological polar surface area (TPSA) is 63.4 Å². The number of nitrogens with zero attached hydrogens (tertiary/aromatic N) is 1. The highest BCUT2D eigenvalue weighted by Gasteiger charge is 2.29. The molecule has 0 radical (unpaired) electrons. The van der Waals surface area contributed by atoms with Crippen LogP contribution in [0.1, 0.15) is 17.2 Å². The average molecular weight is 457 g/mol. The fourth-order valence-electron chi connectivity index (χ4n) is 1.89. The molecule has 116 valence electrons. The Balaban J connectivity index is 2.69. The van der Waals surface area contributed by atoms with Gasteiger partial charge in [-0.3, -0.25) is 10.1 Å². The van der Waals surface area contributed by atoms with Crippen molar-refractivity contribution in [2.24, 2.45) is 0 Å². The summed E-state index contributed by atoms with van der Waals surface area (Å²) in [6, 6.07) is 4.21. The lowest BCUT2D eigenvalue weighted by molar-refractivity contribution is -0.388. The highest BCUT2D eigenvalue weighted by molar-refractivity contribution is 9.11. The number of hydrogen-bond acceptors (Lipinski definition) is 3. The highest BCUT2D eigenvalue weighted by atomic mass is 79.9. The normalized spacial score (nSPS) is 12.3. The zero-order valence-electron chi connectivity index (χ0n) is 10.5. The summed E-state index contributed by atoms with van der Waals surface area (Å²) >= 11 is 11.9. The molecule has 0 saturated carbocycles. The molecule has 2 aromatic rings. The standard InChI is InChI=1S/C13H6Br2ClF2NO3/c14-7-4-9(18)12(19(21)22)11(15)10(7)13(20)6-3-5(17)1-2-8(6)16/h1-4,13,20H. The Labute approximate surface area is 145 Å². The molecule has 1 atom stereocenters. The van der Waals surface area contributed by atoms with Gasteiger partial charge in [0.15, 0.2) is 0 Å². The lowest BCUT2D eigenvalue weighted by Crippen LogP contribution is -2.06. The van der Waals surface area contributed by atoms with Crippen LogP contribution >= 0.6 is 43.5 Å². The van der Waals surface area contributed by atoms with Gasteiger partial charge in [0.1, 0.15) is 16.4 Å². The minimum absolute atomic E-state index is 0.00368. The molecule has 1 N–H and O–H groups in total. The van der Waals surface area contributed by atoms with Crippen molar-refractivity contribution in [2.45, 2.75) is 6.10 Å². The summed E-state index contributed by atoms with van der Waals surface area (Å²) in [5.41, 5.74) is -0.852. The van der Waals surface area contributed by atoms with E-state index in [2.05, 4.69) is 31.9 Å². The molecule has 0 bridgehead atoms. The van der Waals surface area contributed by atoms with Crippen LogP contribution in [0, 0.1) is 21.7 Å². The molecule has 4 nitrogen and oxygen atoms in total. The minimum atomic E-state index is -1.49. The van der Waals surface area contributed by atoms with Gasteiger partial charge in [0.2, 0.25) is 5.82 Å². The highest BCUT2D eigenvalue weighted by Crippen LogP contribution is 2.42. The third-order valence-electron chi connectivity index (χ3n) is 2.89. The summed E-state index contributed by atoms with van der Waals surface area (Å²) in [4.78, 5) is 10.0. The van der Waals surface area contributed by atoms with Crippen LogP contribution in [-0.2, 0) is 0 Å². The zero-order chi connectivity index (χ0) is 16.6. The van der Waals surface area contributed by atoms with E-state index in [4.69, 9.17) is 11.6 Å². The van der Waals surface area contributed by atoms with Gasteiger partial charge in [0, 0.05) is 20.6 Å². The van der Waals surface area contributed by atoms with Crippen LogP contribution in [0.4, 0.5) is 14.5 Å². The van der Waals surface area contributed by atoms with Gasteiger partial charge in [0.25, 0.3) is 0 Å². The van der Waals surface area contributed by atoms with Crippen molar-refractivity contribution < 1.29 is 18.8 Å². The second kappa shape index (κ2) is 6.57. The Bertz CT molecular complexity index is 773. The van der Waals surface area contributed by atoms with Crippen molar-refractivity contribution in [1.82, 2.24) is 0 Å². The van der Waals surface area contributed by atoms with E-state index in [0.29, 0.717) is 0 Å². The van der Waals surface area contributed by atoms with E-state index < -0.39 is 28.3 Å². The number of aliphatic hydroxyl groups is 1. The molecular weight excluding hydrogens is 451 g/mol. The summed E-state index contributed by atoms with van der Waals surface area (Å²) in [6.07, 6.45) is -1.49. The smallest absolute Gasteiger partial charge is 0.319 e. The Morgan fingerprint density at radius 3 is 2.50 bits per heavy atom. The van der Waals surface area contributed by atoms with Crippen LogP contribution in [0.5, 0.6) is 0 Å². The molecular formula is C13H6Br2ClF2NO3. The van der Waals surface area contributed by atoms with Gasteiger partial charge in [-0.25, -0.2) is 4.39 Å². The molecule has 2 rings (SSSR count). The van der Waals surface area contributed by atoms with Gasteiger partial charge in [-0.05, 0) is 40.2 Å². The van der Waals surface area contributed by atoms with Crippen molar-refractivity contribution in [1.29, 1.82) is 0 Å². The van der Waals surface area contributed by atoms with E-state index in [1.165, 1.54) is 6.07 Å². The second-order valence-electron chi connectivity index (χ2n) is 4.24. The van der Waals surface area contributed by atoms with Crippen molar-refractivity contribution in [2.75, 3.05) is 0 Å². The van der Waals surface area contributed by atoms with E-state index in [1.54, 1.807) is 0 Å². The van der Waals surface area contributed by atoms with Crippen LogP contribution < -0.4 is 0 Å². The van der Waals surface area contributed by atoms with Crippen LogP contribution in [0.3, 0.4) is 0 Å². The van der Waals surface area contributed by atoms with Gasteiger partial charge in [-0.1, -0.05) is 27.5 Å². The first-order valence-corrected chi connectivity index (χ1v) is 7.65. The molecule has 0 aliphatic carbocycles. The quantitative estimate of drug-likeness (QED) is 0.513. The fourth-order valence-corrected chi connectivity index (χ4v) is 3.76. The molecule has 0 aliphatic rings. The number of hydrogen-bond donors (Lipinski definition) is 1. The third-order valence-corrected chi connectivity index (χ3v) is 4.69. The summed E-state index contributed by atoms with van der Waals surface area (Å²) in [5.74, 6) is -1.72. The minimum Gasteiger partial charge on any atom is -0.384 e. The number of nitro groups is 1. The van der Waals surface area contributed by atoms with E-state index in [-0.39, 0.29) is 25.1 Å². The number of benzene rings is 2. The number of rotatable bonds is 3. The van der Waals surface area contributed by atoms with Crippen LogP contribution in [0.2, 0.25) is 5.02 Å². The maximum absolute atomic E-state index is 13.7. The van der Waals surface area contributed by atoms with E-state index >= 15 is 0 Å². The lowest BCUT2D eigenvalue weighted by atomic mass is 10.0. The molecule has 0 aromatic heterocycles. The monoisotopic (exact) mass is 455 g/mol. The summed E-state index contributed by atoms with van der Waals surface area (Å²) in [7, 11) is 0. The Hall–Kier alpha value is -1.09. The fraction of sp³-hybridized carbons (Fsp3) is 0.0769. The third kappa shape index (κ3) is 3.15. The molecule has 1 unspecified atom stereocenters. The van der Waals surface area contributed by atoms with Crippen LogP contribution in [0.25, 0.3) is 0 Å². The van der Waals surface area contributed by atoms with E-state index in [1.807, 2.05) is 0 Å². The molecule has 0 amide bonds. The van der Waals surface area contributed by atoms with Crippen LogP contribution in [-0.4, -0.2) is 10.0 Å². The van der Waals surface area contributed by atoms with Crippen molar-refractivity contribution in [3.05, 3.63) is 71.1 Å². The predicted molar refractivity (Wildman–Crippen MR) is 83.9 cm³/mol. The molecule has 0 heterocycles. The first-order valence-electron chi connectivity index (χ1n) is 5.68. The number of halogens is 5. The predicted octanol–water partition coefficient (Wildman–Crippen LogP) is 5.13.